The monoisotopic (exact) mass is 168 g/mol. The number of aliphatic hydroxyl groups excluding tert-OH is 1. The van der Waals surface area contributed by atoms with Gasteiger partial charge in [-0.15, -0.1) is 0 Å². The van der Waals surface area contributed by atoms with Crippen molar-refractivity contribution in [3.05, 3.63) is 0 Å². The first kappa shape index (κ1) is 6.91. The van der Waals surface area contributed by atoms with Crippen molar-refractivity contribution in [1.82, 2.24) is 0 Å². The lowest BCUT2D eigenvalue weighted by Crippen LogP contribution is -1.98. The molecular formula is C3H5BrO3. The van der Waals surface area contributed by atoms with Gasteiger partial charge in [0.2, 0.25) is 0 Å². The number of carbonyl (C=O) groups is 1. The molecule has 0 fully saturated rings. The quantitative estimate of drug-likeness (QED) is 0.643. The minimum Gasteiger partial charge on any atom is -0.396 e. The summed E-state index contributed by atoms with van der Waals surface area (Å²) in [5, 5.41) is 8.05. The number of aliphatic hydroxyl groups is 1. The standard InChI is InChI=1S/C3H5BrO3/c4-7-3(6)1-2-5/h5H,1-2H2. The van der Waals surface area contributed by atoms with Crippen molar-refractivity contribution in [1.29, 1.82) is 0 Å². The summed E-state index contributed by atoms with van der Waals surface area (Å²) in [6.07, 6.45) is 0.0469. The first-order valence-corrected chi connectivity index (χ1v) is 2.38. The van der Waals surface area contributed by atoms with Gasteiger partial charge >= 0.3 is 5.97 Å². The van der Waals surface area contributed by atoms with Crippen molar-refractivity contribution in [3.63, 3.8) is 0 Å². The molecule has 1 N–H and O–H groups in total. The molecule has 0 aliphatic heterocycles. The third-order valence-electron chi connectivity index (χ3n) is 0.402. The second-order valence-corrected chi connectivity index (χ2v) is 1.25. The van der Waals surface area contributed by atoms with Crippen molar-refractivity contribution in [2.75, 3.05) is 6.61 Å². The summed E-state index contributed by atoms with van der Waals surface area (Å²) in [7, 11) is 0. The Hall–Kier alpha value is -0.0900. The number of halogens is 1. The summed E-state index contributed by atoms with van der Waals surface area (Å²) in [5.41, 5.74) is 0. The highest BCUT2D eigenvalue weighted by atomic mass is 79.9. The van der Waals surface area contributed by atoms with Crippen molar-refractivity contribution < 1.29 is 13.7 Å². The van der Waals surface area contributed by atoms with Gasteiger partial charge in [-0.2, -0.15) is 0 Å². The number of hydrogen-bond donors (Lipinski definition) is 1. The van der Waals surface area contributed by atoms with Crippen LogP contribution in [0.25, 0.3) is 0 Å². The van der Waals surface area contributed by atoms with Crippen LogP contribution in [-0.4, -0.2) is 17.7 Å². The molecule has 0 spiro atoms. The molecule has 0 aromatic carbocycles. The highest BCUT2D eigenvalue weighted by Crippen LogP contribution is 1.88. The Balaban J connectivity index is 3.00. The molecule has 0 bridgehead atoms. The summed E-state index contributed by atoms with van der Waals surface area (Å²) in [6.45, 7) is -0.162. The smallest absolute Gasteiger partial charge is 0.319 e. The minimum absolute atomic E-state index is 0.0469. The Morgan fingerprint density at radius 3 is 2.57 bits per heavy atom. The third-order valence-corrected chi connectivity index (χ3v) is 0.763. The predicted molar refractivity (Wildman–Crippen MR) is 26.7 cm³/mol. The molecule has 0 amide bonds. The third kappa shape index (κ3) is 3.75. The number of rotatable bonds is 2. The molecule has 0 saturated carbocycles. The van der Waals surface area contributed by atoms with Gasteiger partial charge in [0.15, 0.2) is 16.3 Å². The van der Waals surface area contributed by atoms with Crippen LogP contribution in [0.4, 0.5) is 0 Å². The van der Waals surface area contributed by atoms with Gasteiger partial charge in [0, 0.05) is 0 Å². The largest absolute Gasteiger partial charge is 0.396 e. The molecule has 0 heterocycles. The molecule has 0 aromatic heterocycles. The van der Waals surface area contributed by atoms with Gasteiger partial charge in [-0.25, -0.2) is 0 Å². The van der Waals surface area contributed by atoms with E-state index in [4.69, 9.17) is 5.11 Å². The van der Waals surface area contributed by atoms with E-state index in [1.807, 2.05) is 0 Å². The summed E-state index contributed by atoms with van der Waals surface area (Å²) >= 11 is 2.46. The predicted octanol–water partition coefficient (Wildman–Crippen LogP) is 0.222. The summed E-state index contributed by atoms with van der Waals surface area (Å²) in [6, 6.07) is 0. The van der Waals surface area contributed by atoms with Crippen LogP contribution in [0.5, 0.6) is 0 Å². The molecule has 42 valence electrons. The van der Waals surface area contributed by atoms with Gasteiger partial charge in [0.1, 0.15) is 0 Å². The van der Waals surface area contributed by atoms with Gasteiger partial charge in [0.25, 0.3) is 0 Å². The zero-order valence-corrected chi connectivity index (χ0v) is 5.14. The van der Waals surface area contributed by atoms with E-state index in [1.165, 1.54) is 0 Å². The normalized spacial score (nSPS) is 8.29. The average molecular weight is 169 g/mol. The van der Waals surface area contributed by atoms with E-state index in [9.17, 15) is 4.79 Å². The first-order valence-electron chi connectivity index (χ1n) is 1.73. The lowest BCUT2D eigenvalue weighted by atomic mass is 10.5. The van der Waals surface area contributed by atoms with Crippen LogP contribution in [-0.2, 0) is 8.62 Å². The van der Waals surface area contributed by atoms with Crippen molar-refractivity contribution >= 4 is 22.2 Å². The second-order valence-electron chi connectivity index (χ2n) is 0.923. The van der Waals surface area contributed by atoms with E-state index in [0.29, 0.717) is 0 Å². The average Bonchev–Trinajstić information content (AvgIpc) is 1.68. The lowest BCUT2D eigenvalue weighted by molar-refractivity contribution is -0.133. The Bertz CT molecular complexity index is 63.2. The van der Waals surface area contributed by atoms with Crippen molar-refractivity contribution in [3.8, 4) is 0 Å². The summed E-state index contributed by atoms with van der Waals surface area (Å²) in [4.78, 5) is 9.98. The number of carbonyl (C=O) groups excluding carboxylic acids is 1. The fourth-order valence-corrected chi connectivity index (χ4v) is 0.292. The molecule has 3 nitrogen and oxygen atoms in total. The van der Waals surface area contributed by atoms with E-state index in [2.05, 4.69) is 20.1 Å². The highest BCUT2D eigenvalue weighted by Gasteiger charge is 1.95. The highest BCUT2D eigenvalue weighted by molar-refractivity contribution is 9.06. The molecule has 0 atom stereocenters. The van der Waals surface area contributed by atoms with E-state index in [1.54, 1.807) is 0 Å². The van der Waals surface area contributed by atoms with E-state index in [0.717, 1.165) is 0 Å². The maximum absolute atomic E-state index is 9.98. The maximum atomic E-state index is 9.98. The Kier molecular flexibility index (Phi) is 4.03. The first-order chi connectivity index (χ1) is 3.31. The minimum atomic E-state index is -0.456. The van der Waals surface area contributed by atoms with E-state index >= 15 is 0 Å². The molecule has 0 rings (SSSR count). The summed E-state index contributed by atoms with van der Waals surface area (Å²) in [5.74, 6) is -0.456. The van der Waals surface area contributed by atoms with Crippen molar-refractivity contribution in [2.45, 2.75) is 6.42 Å². The van der Waals surface area contributed by atoms with Gasteiger partial charge in [-0.05, 0) is 0 Å². The SMILES string of the molecule is O=C(CCO)OBr. The molecule has 0 aliphatic rings. The molecule has 0 radical (unpaired) electrons. The fraction of sp³-hybridized carbons (Fsp3) is 0.667. The van der Waals surface area contributed by atoms with Crippen LogP contribution < -0.4 is 0 Å². The maximum Gasteiger partial charge on any atom is 0.319 e. The Morgan fingerprint density at radius 1 is 1.86 bits per heavy atom. The molecule has 0 saturated heterocycles. The van der Waals surface area contributed by atoms with Crippen LogP contribution >= 0.6 is 16.3 Å². The van der Waals surface area contributed by atoms with Gasteiger partial charge < -0.3 is 8.93 Å². The van der Waals surface area contributed by atoms with Crippen LogP contribution in [0, 0.1) is 0 Å². The van der Waals surface area contributed by atoms with Gasteiger partial charge in [-0.3, -0.25) is 4.79 Å². The van der Waals surface area contributed by atoms with E-state index in [-0.39, 0.29) is 13.0 Å². The Labute approximate surface area is 49.7 Å². The molecule has 0 unspecified atom stereocenters. The molecular weight excluding hydrogens is 164 g/mol. The molecule has 7 heavy (non-hydrogen) atoms. The van der Waals surface area contributed by atoms with Crippen LogP contribution in [0.3, 0.4) is 0 Å². The summed E-state index contributed by atoms with van der Waals surface area (Å²) < 4.78 is 4.00. The van der Waals surface area contributed by atoms with Gasteiger partial charge in [-0.1, -0.05) is 0 Å². The van der Waals surface area contributed by atoms with Crippen LogP contribution in [0.15, 0.2) is 0 Å². The fourth-order valence-electron chi connectivity index (χ4n) is 0.130. The second kappa shape index (κ2) is 4.08. The molecule has 0 aliphatic carbocycles. The molecule has 4 heteroatoms. The van der Waals surface area contributed by atoms with Crippen LogP contribution in [0.1, 0.15) is 6.42 Å². The van der Waals surface area contributed by atoms with Crippen LogP contribution in [0.2, 0.25) is 0 Å². The van der Waals surface area contributed by atoms with E-state index < -0.39 is 5.97 Å². The molecule has 0 aromatic rings. The van der Waals surface area contributed by atoms with Crippen molar-refractivity contribution in [2.24, 2.45) is 0 Å². The van der Waals surface area contributed by atoms with Gasteiger partial charge in [0.05, 0.1) is 13.0 Å². The Morgan fingerprint density at radius 2 is 2.43 bits per heavy atom. The topological polar surface area (TPSA) is 46.5 Å². The number of hydrogen-bond acceptors (Lipinski definition) is 3. The zero-order chi connectivity index (χ0) is 5.70. The zero-order valence-electron chi connectivity index (χ0n) is 3.56. The lowest BCUT2D eigenvalue weighted by Gasteiger charge is -1.87.